The molecular formula is C22H13FN2O2S. The summed E-state index contributed by atoms with van der Waals surface area (Å²) in [5.41, 5.74) is 1.66. The molecule has 0 aliphatic rings. The van der Waals surface area contributed by atoms with Crippen molar-refractivity contribution in [1.29, 1.82) is 5.26 Å². The van der Waals surface area contributed by atoms with Gasteiger partial charge in [0, 0.05) is 17.1 Å². The van der Waals surface area contributed by atoms with Crippen LogP contribution in [-0.2, 0) is 9.84 Å². The highest BCUT2D eigenvalue weighted by Crippen LogP contribution is 2.36. The summed E-state index contributed by atoms with van der Waals surface area (Å²) in [6, 6.07) is 20.6. The molecule has 6 heteroatoms. The molecule has 0 aliphatic carbocycles. The molecule has 0 fully saturated rings. The highest BCUT2D eigenvalue weighted by Gasteiger charge is 2.25. The van der Waals surface area contributed by atoms with Gasteiger partial charge in [-0.05, 0) is 42.0 Å². The Labute approximate surface area is 161 Å². The van der Waals surface area contributed by atoms with E-state index in [9.17, 15) is 12.8 Å². The molecule has 1 aromatic heterocycles. The normalized spacial score (nSPS) is 11.3. The lowest BCUT2D eigenvalue weighted by Gasteiger charge is -2.14. The average Bonchev–Trinajstić information content (AvgIpc) is 2.73. The summed E-state index contributed by atoms with van der Waals surface area (Å²) in [6.07, 6.45) is 1.29. The zero-order valence-electron chi connectivity index (χ0n) is 14.5. The van der Waals surface area contributed by atoms with Gasteiger partial charge >= 0.3 is 0 Å². The minimum Gasteiger partial charge on any atom is -0.255 e. The lowest BCUT2D eigenvalue weighted by Crippen LogP contribution is -2.06. The average molecular weight is 388 g/mol. The Morgan fingerprint density at radius 1 is 0.929 bits per heavy atom. The van der Waals surface area contributed by atoms with Crippen LogP contribution < -0.4 is 0 Å². The predicted molar refractivity (Wildman–Crippen MR) is 104 cm³/mol. The Balaban J connectivity index is 2.07. The van der Waals surface area contributed by atoms with E-state index in [-0.39, 0.29) is 15.4 Å². The molecule has 1 heterocycles. The molecule has 136 valence electrons. The number of aromatic nitrogens is 1. The number of hydrogen-bond donors (Lipinski definition) is 0. The Morgan fingerprint density at radius 2 is 1.71 bits per heavy atom. The number of hydrogen-bond acceptors (Lipinski definition) is 4. The summed E-state index contributed by atoms with van der Waals surface area (Å²) >= 11 is 0. The maximum Gasteiger partial charge on any atom is 0.208 e. The fourth-order valence-electron chi connectivity index (χ4n) is 3.13. The van der Waals surface area contributed by atoms with Gasteiger partial charge < -0.3 is 0 Å². The summed E-state index contributed by atoms with van der Waals surface area (Å²) in [7, 11) is -3.99. The summed E-state index contributed by atoms with van der Waals surface area (Å²) < 4.78 is 40.7. The molecule has 0 bridgehead atoms. The highest BCUT2D eigenvalue weighted by atomic mass is 32.2. The molecule has 0 atom stereocenters. The number of benzene rings is 3. The molecule has 0 aliphatic heterocycles. The molecule has 0 radical (unpaired) electrons. The minimum absolute atomic E-state index is 0.0127. The van der Waals surface area contributed by atoms with Gasteiger partial charge in [-0.2, -0.15) is 5.26 Å². The standard InChI is InChI=1S/C22H13FN2O2S/c23-17-7-4-6-16(12-17)22-19-9-1-2-10-20(19)25-14-21(22)28(26,27)18-8-3-5-15(11-18)13-24/h1-12,14H. The maximum atomic E-state index is 13.9. The zero-order valence-corrected chi connectivity index (χ0v) is 15.3. The first-order valence-electron chi connectivity index (χ1n) is 8.39. The Kier molecular flexibility index (Phi) is 4.38. The van der Waals surface area contributed by atoms with E-state index < -0.39 is 15.7 Å². The van der Waals surface area contributed by atoms with Gasteiger partial charge in [-0.1, -0.05) is 36.4 Å². The smallest absolute Gasteiger partial charge is 0.208 e. The maximum absolute atomic E-state index is 13.9. The van der Waals surface area contributed by atoms with Crippen molar-refractivity contribution < 1.29 is 12.8 Å². The lowest BCUT2D eigenvalue weighted by molar-refractivity contribution is 0.596. The summed E-state index contributed by atoms with van der Waals surface area (Å²) in [5.74, 6) is -0.465. The molecule has 0 amide bonds. The largest absolute Gasteiger partial charge is 0.255 e. The number of nitriles is 1. The molecule has 0 N–H and O–H groups in total. The quantitative estimate of drug-likeness (QED) is 0.508. The van der Waals surface area contributed by atoms with Crippen molar-refractivity contribution in [3.8, 4) is 17.2 Å². The van der Waals surface area contributed by atoms with Gasteiger partial charge in [0.25, 0.3) is 0 Å². The van der Waals surface area contributed by atoms with Crippen molar-refractivity contribution in [2.24, 2.45) is 0 Å². The van der Waals surface area contributed by atoms with Gasteiger partial charge in [0.05, 0.1) is 26.9 Å². The molecule has 28 heavy (non-hydrogen) atoms. The van der Waals surface area contributed by atoms with Crippen LogP contribution in [0.25, 0.3) is 22.0 Å². The molecule has 0 spiro atoms. The summed E-state index contributed by atoms with van der Waals surface area (Å²) in [5, 5.41) is 9.71. The van der Waals surface area contributed by atoms with Crippen LogP contribution in [-0.4, -0.2) is 13.4 Å². The number of fused-ring (bicyclic) bond motifs is 1. The topological polar surface area (TPSA) is 70.8 Å². The number of sulfone groups is 1. The monoisotopic (exact) mass is 388 g/mol. The van der Waals surface area contributed by atoms with Crippen molar-refractivity contribution in [3.63, 3.8) is 0 Å². The third-order valence-corrected chi connectivity index (χ3v) is 6.18. The second-order valence-corrected chi connectivity index (χ2v) is 8.09. The van der Waals surface area contributed by atoms with E-state index in [1.165, 1.54) is 48.7 Å². The van der Waals surface area contributed by atoms with E-state index in [0.717, 1.165) is 0 Å². The molecule has 0 saturated carbocycles. The molecule has 3 aromatic carbocycles. The summed E-state index contributed by atoms with van der Waals surface area (Å²) in [6.45, 7) is 0. The second-order valence-electron chi connectivity index (χ2n) is 6.17. The van der Waals surface area contributed by atoms with Gasteiger partial charge in [0.2, 0.25) is 9.84 Å². The molecule has 4 rings (SSSR count). The van der Waals surface area contributed by atoms with Crippen molar-refractivity contribution in [3.05, 3.63) is 90.4 Å². The number of para-hydroxylation sites is 1. The molecule has 0 saturated heterocycles. The molecular weight excluding hydrogens is 375 g/mol. The van der Waals surface area contributed by atoms with E-state index in [0.29, 0.717) is 22.0 Å². The minimum atomic E-state index is -3.99. The molecule has 4 aromatic rings. The molecule has 4 nitrogen and oxygen atoms in total. The Morgan fingerprint density at radius 3 is 2.50 bits per heavy atom. The zero-order chi connectivity index (χ0) is 19.7. The van der Waals surface area contributed by atoms with E-state index in [1.54, 1.807) is 30.3 Å². The lowest BCUT2D eigenvalue weighted by atomic mass is 10.0. The number of nitrogens with zero attached hydrogens (tertiary/aromatic N) is 2. The van der Waals surface area contributed by atoms with Gasteiger partial charge in [-0.15, -0.1) is 0 Å². The van der Waals surface area contributed by atoms with Crippen LogP contribution in [0.4, 0.5) is 4.39 Å². The summed E-state index contributed by atoms with van der Waals surface area (Å²) in [4.78, 5) is 4.24. The van der Waals surface area contributed by atoms with E-state index in [1.807, 2.05) is 6.07 Å². The second kappa shape index (κ2) is 6.87. The van der Waals surface area contributed by atoms with Crippen LogP contribution in [0.2, 0.25) is 0 Å². The Bertz CT molecular complexity index is 1360. The van der Waals surface area contributed by atoms with Gasteiger partial charge in [-0.25, -0.2) is 12.8 Å². The van der Waals surface area contributed by atoms with Crippen molar-refractivity contribution in [2.45, 2.75) is 9.79 Å². The van der Waals surface area contributed by atoms with Crippen LogP contribution in [0.15, 0.2) is 88.8 Å². The first-order chi connectivity index (χ1) is 13.5. The highest BCUT2D eigenvalue weighted by molar-refractivity contribution is 7.91. The van der Waals surface area contributed by atoms with Crippen molar-refractivity contribution in [1.82, 2.24) is 4.98 Å². The van der Waals surface area contributed by atoms with E-state index in [4.69, 9.17) is 5.26 Å². The van der Waals surface area contributed by atoms with Gasteiger partial charge in [-0.3, -0.25) is 4.98 Å². The van der Waals surface area contributed by atoms with Crippen LogP contribution in [0.5, 0.6) is 0 Å². The first-order valence-corrected chi connectivity index (χ1v) is 9.88. The van der Waals surface area contributed by atoms with Crippen molar-refractivity contribution in [2.75, 3.05) is 0 Å². The third kappa shape index (κ3) is 3.02. The van der Waals surface area contributed by atoms with Crippen molar-refractivity contribution >= 4 is 20.7 Å². The number of halogens is 1. The number of rotatable bonds is 3. The molecule has 0 unspecified atom stereocenters. The van der Waals surface area contributed by atoms with Crippen LogP contribution in [0, 0.1) is 17.1 Å². The van der Waals surface area contributed by atoms with Gasteiger partial charge in [0.15, 0.2) is 0 Å². The van der Waals surface area contributed by atoms with E-state index in [2.05, 4.69) is 4.98 Å². The van der Waals surface area contributed by atoms with Crippen LogP contribution in [0.3, 0.4) is 0 Å². The van der Waals surface area contributed by atoms with Crippen LogP contribution >= 0.6 is 0 Å². The predicted octanol–water partition coefficient (Wildman–Crippen LogP) is 4.75. The first kappa shape index (κ1) is 17.8. The Hall–Kier alpha value is -3.56. The van der Waals surface area contributed by atoms with Gasteiger partial charge in [0.1, 0.15) is 5.82 Å². The number of pyridine rings is 1. The fraction of sp³-hybridized carbons (Fsp3) is 0. The van der Waals surface area contributed by atoms with E-state index >= 15 is 0 Å². The SMILES string of the molecule is N#Cc1cccc(S(=O)(=O)c2cnc3ccccc3c2-c2cccc(F)c2)c1. The fourth-order valence-corrected chi connectivity index (χ4v) is 4.61. The van der Waals surface area contributed by atoms with Crippen LogP contribution in [0.1, 0.15) is 5.56 Å². The third-order valence-electron chi connectivity index (χ3n) is 4.42.